The van der Waals surface area contributed by atoms with Crippen LogP contribution in [-0.4, -0.2) is 21.8 Å². The number of aliphatic hydroxyl groups is 2. The molecule has 0 saturated carbocycles. The van der Waals surface area contributed by atoms with Crippen molar-refractivity contribution in [2.45, 2.75) is 93.9 Å². The predicted octanol–water partition coefficient (Wildman–Crippen LogP) is 6.71. The van der Waals surface area contributed by atoms with Crippen molar-refractivity contribution >= 4 is 11.6 Å². The van der Waals surface area contributed by atoms with Gasteiger partial charge in [-0.3, -0.25) is 9.59 Å². The van der Waals surface area contributed by atoms with E-state index in [2.05, 4.69) is 41.5 Å². The van der Waals surface area contributed by atoms with Gasteiger partial charge in [-0.1, -0.05) is 55.4 Å². The van der Waals surface area contributed by atoms with Gasteiger partial charge in [0.25, 0.3) is 0 Å². The third kappa shape index (κ3) is 5.96. The zero-order valence-corrected chi connectivity index (χ0v) is 19.8. The Hall–Kier alpha value is -1.58. The van der Waals surface area contributed by atoms with Gasteiger partial charge in [0.15, 0.2) is 11.6 Å². The number of rotatable bonds is 11. The number of hydrogen-bond acceptors (Lipinski definition) is 4. The van der Waals surface area contributed by atoms with Gasteiger partial charge in [0.1, 0.15) is 11.5 Å². The quantitative estimate of drug-likeness (QED) is 0.400. The fourth-order valence-corrected chi connectivity index (χ4v) is 3.85. The highest BCUT2D eigenvalue weighted by atomic mass is 16.3. The van der Waals surface area contributed by atoms with Crippen molar-refractivity contribution < 1.29 is 19.8 Å². The lowest BCUT2D eigenvalue weighted by Gasteiger charge is -2.38. The first-order chi connectivity index (χ1) is 13.3. The highest BCUT2D eigenvalue weighted by molar-refractivity contribution is 6.11. The van der Waals surface area contributed by atoms with Gasteiger partial charge in [0, 0.05) is 11.5 Å². The molecule has 29 heavy (non-hydrogen) atoms. The summed E-state index contributed by atoms with van der Waals surface area (Å²) in [5.74, 6) is -0.245. The summed E-state index contributed by atoms with van der Waals surface area (Å²) in [5, 5.41) is 22.2. The summed E-state index contributed by atoms with van der Waals surface area (Å²) in [6, 6.07) is 0. The number of carbonyl (C=O) groups excluding carboxylic acids is 2. The number of carbonyl (C=O) groups is 2. The van der Waals surface area contributed by atoms with E-state index in [4.69, 9.17) is 0 Å². The summed E-state index contributed by atoms with van der Waals surface area (Å²) < 4.78 is 0. The molecule has 0 aliphatic heterocycles. The van der Waals surface area contributed by atoms with E-state index in [0.717, 1.165) is 19.3 Å². The normalized spacial score (nSPS) is 17.4. The SMILES string of the molecule is CC(C)CCC1=C(O)C(C(=O)C(C)C)=C(O)C(CCC(C)C)(CCC(C)C)C1=O. The Bertz CT molecular complexity index is 650. The minimum Gasteiger partial charge on any atom is -0.510 e. The van der Waals surface area contributed by atoms with E-state index in [9.17, 15) is 19.8 Å². The lowest BCUT2D eigenvalue weighted by atomic mass is 9.64. The average Bonchev–Trinajstić information content (AvgIpc) is 2.60. The van der Waals surface area contributed by atoms with Crippen LogP contribution in [0.4, 0.5) is 0 Å². The topological polar surface area (TPSA) is 74.6 Å². The van der Waals surface area contributed by atoms with Crippen LogP contribution in [0.2, 0.25) is 0 Å². The molecule has 4 nitrogen and oxygen atoms in total. The molecule has 0 aromatic rings. The monoisotopic (exact) mass is 406 g/mol. The second kappa shape index (κ2) is 10.4. The van der Waals surface area contributed by atoms with Crippen LogP contribution in [0, 0.1) is 29.1 Å². The number of Topliss-reactive ketones (excluding diaryl/α,β-unsaturated/α-hetero) is 2. The van der Waals surface area contributed by atoms with E-state index in [0.29, 0.717) is 42.6 Å². The van der Waals surface area contributed by atoms with Crippen molar-refractivity contribution in [1.29, 1.82) is 0 Å². The fraction of sp³-hybridized carbons (Fsp3) is 0.760. The zero-order chi connectivity index (χ0) is 22.5. The Kier molecular flexibility index (Phi) is 9.17. The highest BCUT2D eigenvalue weighted by Gasteiger charge is 2.50. The van der Waals surface area contributed by atoms with Crippen molar-refractivity contribution in [3.8, 4) is 0 Å². The molecule has 0 radical (unpaired) electrons. The number of hydrogen-bond donors (Lipinski definition) is 2. The van der Waals surface area contributed by atoms with Crippen molar-refractivity contribution in [3.05, 3.63) is 22.7 Å². The Morgan fingerprint density at radius 1 is 0.828 bits per heavy atom. The first-order valence-corrected chi connectivity index (χ1v) is 11.3. The minimum absolute atomic E-state index is 0.0223. The molecule has 166 valence electrons. The molecule has 0 atom stereocenters. The lowest BCUT2D eigenvalue weighted by molar-refractivity contribution is -0.127. The molecule has 1 aliphatic carbocycles. The predicted molar refractivity (Wildman–Crippen MR) is 119 cm³/mol. The lowest BCUT2D eigenvalue weighted by Crippen LogP contribution is -2.41. The second-order valence-corrected chi connectivity index (χ2v) is 10.3. The maximum atomic E-state index is 13.7. The third-order valence-electron chi connectivity index (χ3n) is 5.96. The molecule has 0 spiro atoms. The average molecular weight is 407 g/mol. The molecule has 0 fully saturated rings. The fourth-order valence-electron chi connectivity index (χ4n) is 3.85. The van der Waals surface area contributed by atoms with E-state index in [1.165, 1.54) is 0 Å². The molecule has 0 heterocycles. The zero-order valence-electron chi connectivity index (χ0n) is 19.8. The maximum absolute atomic E-state index is 13.7. The molecule has 0 unspecified atom stereocenters. The smallest absolute Gasteiger partial charge is 0.176 e. The van der Waals surface area contributed by atoms with E-state index in [1.54, 1.807) is 13.8 Å². The number of aliphatic hydroxyl groups excluding tert-OH is 2. The van der Waals surface area contributed by atoms with Crippen LogP contribution in [0.1, 0.15) is 93.9 Å². The Morgan fingerprint density at radius 3 is 1.66 bits per heavy atom. The van der Waals surface area contributed by atoms with Crippen molar-refractivity contribution in [2.24, 2.45) is 29.1 Å². The third-order valence-corrected chi connectivity index (χ3v) is 5.96. The van der Waals surface area contributed by atoms with Gasteiger partial charge in [0.05, 0.1) is 11.0 Å². The van der Waals surface area contributed by atoms with Crippen LogP contribution in [-0.2, 0) is 9.59 Å². The van der Waals surface area contributed by atoms with Crippen LogP contribution in [0.5, 0.6) is 0 Å². The first-order valence-electron chi connectivity index (χ1n) is 11.3. The summed E-state index contributed by atoms with van der Waals surface area (Å²) in [5.41, 5.74) is -0.800. The molecule has 0 saturated heterocycles. The maximum Gasteiger partial charge on any atom is 0.176 e. The summed E-state index contributed by atoms with van der Waals surface area (Å²) in [6.07, 6.45) is 3.71. The first kappa shape index (κ1) is 25.5. The van der Waals surface area contributed by atoms with Gasteiger partial charge in [-0.2, -0.15) is 0 Å². The van der Waals surface area contributed by atoms with Crippen LogP contribution >= 0.6 is 0 Å². The highest BCUT2D eigenvalue weighted by Crippen LogP contribution is 2.48. The molecular weight excluding hydrogens is 364 g/mol. The van der Waals surface area contributed by atoms with Gasteiger partial charge in [-0.25, -0.2) is 0 Å². The molecule has 2 N–H and O–H groups in total. The number of allylic oxidation sites excluding steroid dienone is 3. The molecule has 0 aromatic heterocycles. The van der Waals surface area contributed by atoms with Crippen LogP contribution in [0.3, 0.4) is 0 Å². The van der Waals surface area contributed by atoms with E-state index in [1.807, 2.05) is 0 Å². The van der Waals surface area contributed by atoms with Crippen LogP contribution in [0.25, 0.3) is 0 Å². The molecule has 0 bridgehead atoms. The molecule has 1 aliphatic rings. The molecular formula is C25H42O4. The van der Waals surface area contributed by atoms with Gasteiger partial charge in [-0.15, -0.1) is 0 Å². The summed E-state index contributed by atoms with van der Waals surface area (Å²) in [4.78, 5) is 26.7. The van der Waals surface area contributed by atoms with Crippen LogP contribution in [0.15, 0.2) is 22.7 Å². The molecule has 0 amide bonds. The second-order valence-electron chi connectivity index (χ2n) is 10.3. The van der Waals surface area contributed by atoms with Gasteiger partial charge >= 0.3 is 0 Å². The Labute approximate surface area is 177 Å². The van der Waals surface area contributed by atoms with Gasteiger partial charge < -0.3 is 10.2 Å². The van der Waals surface area contributed by atoms with Crippen molar-refractivity contribution in [3.63, 3.8) is 0 Å². The van der Waals surface area contributed by atoms with Crippen molar-refractivity contribution in [2.75, 3.05) is 0 Å². The van der Waals surface area contributed by atoms with Crippen LogP contribution < -0.4 is 0 Å². The Morgan fingerprint density at radius 2 is 1.28 bits per heavy atom. The summed E-state index contributed by atoms with van der Waals surface area (Å²) in [7, 11) is 0. The molecule has 0 aromatic carbocycles. The van der Waals surface area contributed by atoms with Crippen molar-refractivity contribution in [1.82, 2.24) is 0 Å². The van der Waals surface area contributed by atoms with E-state index >= 15 is 0 Å². The van der Waals surface area contributed by atoms with Gasteiger partial charge in [-0.05, 0) is 56.3 Å². The Balaban J connectivity index is 3.65. The largest absolute Gasteiger partial charge is 0.510 e. The number of ketones is 2. The minimum atomic E-state index is -1.10. The summed E-state index contributed by atoms with van der Waals surface area (Å²) in [6.45, 7) is 16.0. The summed E-state index contributed by atoms with van der Waals surface area (Å²) >= 11 is 0. The molecule has 1 rings (SSSR count). The standard InChI is InChI=1S/C25H42O4/c1-15(2)9-10-19-22(27)20(21(26)18(7)8)24(29)25(23(19)28,13-11-16(3)4)14-12-17(5)6/h15-18,27,29H,9-14H2,1-8H3. The molecule has 4 heteroatoms. The van der Waals surface area contributed by atoms with E-state index in [-0.39, 0.29) is 34.6 Å². The van der Waals surface area contributed by atoms with Gasteiger partial charge in [0.2, 0.25) is 0 Å². The van der Waals surface area contributed by atoms with E-state index < -0.39 is 5.41 Å².